The summed E-state index contributed by atoms with van der Waals surface area (Å²) in [5.41, 5.74) is -0.475. The summed E-state index contributed by atoms with van der Waals surface area (Å²) >= 11 is 0. The lowest BCUT2D eigenvalue weighted by atomic mass is 9.68. The zero-order valence-electron chi connectivity index (χ0n) is 15.4. The third-order valence-electron chi connectivity index (χ3n) is 6.17. The Morgan fingerprint density at radius 2 is 1.88 bits per heavy atom. The molecule has 0 aromatic heterocycles. The molecule has 3 aliphatic rings. The maximum absolute atomic E-state index is 13.1. The van der Waals surface area contributed by atoms with E-state index in [1.807, 2.05) is 4.90 Å². The van der Waals surface area contributed by atoms with Gasteiger partial charge in [-0.15, -0.1) is 0 Å². The molecule has 0 bridgehead atoms. The van der Waals surface area contributed by atoms with Gasteiger partial charge in [0.2, 0.25) is 5.91 Å². The third kappa shape index (κ3) is 3.57. The number of allylic oxidation sites excluding steroid dienone is 1. The van der Waals surface area contributed by atoms with Crippen LogP contribution in [0.4, 0.5) is 4.79 Å². The predicted octanol–water partition coefficient (Wildman–Crippen LogP) is 2.61. The number of ether oxygens (including phenoxy) is 1. The number of carbonyl (C=O) groups excluding carboxylic acids is 2. The SMILES string of the molecule is C=C(C)OC(=O)N1CCC(N2CCC3(CCCC(C(=O)O)C3)C2=O)CC1. The number of carbonyl (C=O) groups is 3. The van der Waals surface area contributed by atoms with E-state index >= 15 is 0 Å². The number of rotatable bonds is 3. The zero-order valence-corrected chi connectivity index (χ0v) is 15.4. The summed E-state index contributed by atoms with van der Waals surface area (Å²) in [6, 6.07) is 0.126. The van der Waals surface area contributed by atoms with Crippen LogP contribution in [0.5, 0.6) is 0 Å². The normalized spacial score (nSPS) is 29.9. The smallest absolute Gasteiger partial charge is 0.414 e. The molecule has 144 valence electrons. The molecular weight excluding hydrogens is 336 g/mol. The number of carboxylic acid groups (broad SMARTS) is 1. The lowest BCUT2D eigenvalue weighted by molar-refractivity contribution is -0.148. The van der Waals surface area contributed by atoms with Gasteiger partial charge in [-0.3, -0.25) is 9.59 Å². The van der Waals surface area contributed by atoms with Gasteiger partial charge < -0.3 is 19.6 Å². The topological polar surface area (TPSA) is 87.2 Å². The Kier molecular flexibility index (Phi) is 5.25. The van der Waals surface area contributed by atoms with Crippen molar-refractivity contribution in [2.75, 3.05) is 19.6 Å². The molecule has 2 amide bonds. The highest BCUT2D eigenvalue weighted by Gasteiger charge is 2.51. The van der Waals surface area contributed by atoms with Gasteiger partial charge in [-0.1, -0.05) is 13.0 Å². The molecule has 7 nitrogen and oxygen atoms in total. The molecule has 3 fully saturated rings. The number of carboxylic acids is 1. The molecule has 2 unspecified atom stereocenters. The number of hydrogen-bond acceptors (Lipinski definition) is 4. The highest BCUT2D eigenvalue weighted by molar-refractivity contribution is 5.86. The van der Waals surface area contributed by atoms with Crippen molar-refractivity contribution in [3.63, 3.8) is 0 Å². The van der Waals surface area contributed by atoms with E-state index in [0.29, 0.717) is 38.2 Å². The second-order valence-corrected chi connectivity index (χ2v) is 7.95. The van der Waals surface area contributed by atoms with Gasteiger partial charge in [-0.05, 0) is 45.4 Å². The second kappa shape index (κ2) is 7.29. The van der Waals surface area contributed by atoms with Crippen molar-refractivity contribution in [1.82, 2.24) is 9.80 Å². The van der Waals surface area contributed by atoms with Gasteiger partial charge in [-0.25, -0.2) is 4.79 Å². The highest BCUT2D eigenvalue weighted by Crippen LogP contribution is 2.48. The van der Waals surface area contributed by atoms with Gasteiger partial charge in [0.25, 0.3) is 0 Å². The third-order valence-corrected chi connectivity index (χ3v) is 6.17. The minimum Gasteiger partial charge on any atom is -0.481 e. The van der Waals surface area contributed by atoms with Crippen LogP contribution in [-0.2, 0) is 14.3 Å². The first-order valence-corrected chi connectivity index (χ1v) is 9.48. The number of nitrogens with zero attached hydrogens (tertiary/aromatic N) is 2. The molecule has 0 aromatic rings. The molecule has 26 heavy (non-hydrogen) atoms. The van der Waals surface area contributed by atoms with Crippen LogP contribution in [-0.4, -0.2) is 58.6 Å². The molecule has 2 heterocycles. The van der Waals surface area contributed by atoms with Gasteiger partial charge in [0.1, 0.15) is 0 Å². The number of likely N-dealkylation sites (tertiary alicyclic amines) is 2. The molecule has 1 N–H and O–H groups in total. The molecular formula is C19H28N2O5. The average molecular weight is 364 g/mol. The summed E-state index contributed by atoms with van der Waals surface area (Å²) in [6.07, 6.45) is 4.60. The minimum atomic E-state index is -0.778. The van der Waals surface area contributed by atoms with Crippen LogP contribution in [0, 0.1) is 11.3 Å². The van der Waals surface area contributed by atoms with Crippen LogP contribution in [0.2, 0.25) is 0 Å². The fourth-order valence-corrected chi connectivity index (χ4v) is 4.76. The molecule has 2 saturated heterocycles. The first-order chi connectivity index (χ1) is 12.3. The Labute approximate surface area is 154 Å². The Hall–Kier alpha value is -2.05. The van der Waals surface area contributed by atoms with E-state index in [-0.39, 0.29) is 18.0 Å². The molecule has 2 atom stereocenters. The van der Waals surface area contributed by atoms with Gasteiger partial charge in [0.15, 0.2) is 0 Å². The molecule has 7 heteroatoms. The van der Waals surface area contributed by atoms with E-state index in [0.717, 1.165) is 32.1 Å². The van der Waals surface area contributed by atoms with Crippen molar-refractivity contribution in [3.8, 4) is 0 Å². The van der Waals surface area contributed by atoms with E-state index < -0.39 is 17.3 Å². The second-order valence-electron chi connectivity index (χ2n) is 7.95. The Balaban J connectivity index is 1.59. The number of amides is 2. The molecule has 1 spiro atoms. The Morgan fingerprint density at radius 3 is 2.50 bits per heavy atom. The fourth-order valence-electron chi connectivity index (χ4n) is 4.76. The van der Waals surface area contributed by atoms with E-state index in [4.69, 9.17) is 4.74 Å². The first kappa shape index (κ1) is 18.7. The van der Waals surface area contributed by atoms with E-state index in [9.17, 15) is 19.5 Å². The Bertz CT molecular complexity index is 611. The van der Waals surface area contributed by atoms with Crippen molar-refractivity contribution < 1.29 is 24.2 Å². The maximum Gasteiger partial charge on any atom is 0.414 e. The Morgan fingerprint density at radius 1 is 1.19 bits per heavy atom. The van der Waals surface area contributed by atoms with Crippen LogP contribution in [0.3, 0.4) is 0 Å². The van der Waals surface area contributed by atoms with Crippen LogP contribution in [0.15, 0.2) is 12.3 Å². The van der Waals surface area contributed by atoms with E-state index in [2.05, 4.69) is 6.58 Å². The zero-order chi connectivity index (χ0) is 18.9. The summed E-state index contributed by atoms with van der Waals surface area (Å²) < 4.78 is 5.05. The summed E-state index contributed by atoms with van der Waals surface area (Å²) in [4.78, 5) is 40.1. The molecule has 0 radical (unpaired) electrons. The van der Waals surface area contributed by atoms with Crippen molar-refractivity contribution in [1.29, 1.82) is 0 Å². The minimum absolute atomic E-state index is 0.126. The standard InChI is InChI=1S/C19H28N2O5/c1-13(2)26-18(25)20-9-5-15(6-10-20)21-11-8-19(17(21)24)7-3-4-14(12-19)16(22)23/h14-15H,1,3-12H2,2H3,(H,22,23). The van der Waals surface area contributed by atoms with Crippen LogP contribution in [0.25, 0.3) is 0 Å². The predicted molar refractivity (Wildman–Crippen MR) is 94.2 cm³/mol. The summed E-state index contributed by atoms with van der Waals surface area (Å²) in [5, 5.41) is 9.35. The van der Waals surface area contributed by atoms with Gasteiger partial charge in [0.05, 0.1) is 17.1 Å². The summed E-state index contributed by atoms with van der Waals surface area (Å²) in [5.74, 6) is -0.670. The molecule has 0 aromatic carbocycles. The van der Waals surface area contributed by atoms with Crippen LogP contribution >= 0.6 is 0 Å². The number of aliphatic carboxylic acids is 1. The fraction of sp³-hybridized carbons (Fsp3) is 0.737. The van der Waals surface area contributed by atoms with Crippen LogP contribution in [0.1, 0.15) is 51.9 Å². The lowest BCUT2D eigenvalue weighted by Gasteiger charge is -2.39. The first-order valence-electron chi connectivity index (χ1n) is 9.48. The summed E-state index contributed by atoms with van der Waals surface area (Å²) in [7, 11) is 0. The average Bonchev–Trinajstić information content (AvgIpc) is 2.91. The quantitative estimate of drug-likeness (QED) is 0.778. The number of piperidine rings is 1. The molecule has 3 rings (SSSR count). The number of hydrogen-bond donors (Lipinski definition) is 1. The molecule has 2 aliphatic heterocycles. The van der Waals surface area contributed by atoms with Gasteiger partial charge >= 0.3 is 12.1 Å². The van der Waals surface area contributed by atoms with Gasteiger partial charge in [-0.2, -0.15) is 0 Å². The molecule has 1 saturated carbocycles. The van der Waals surface area contributed by atoms with Crippen molar-refractivity contribution in [2.45, 2.75) is 57.9 Å². The summed E-state index contributed by atoms with van der Waals surface area (Å²) in [6.45, 7) is 7.04. The van der Waals surface area contributed by atoms with Crippen molar-refractivity contribution in [2.24, 2.45) is 11.3 Å². The van der Waals surface area contributed by atoms with Crippen LogP contribution < -0.4 is 0 Å². The maximum atomic E-state index is 13.1. The van der Waals surface area contributed by atoms with Gasteiger partial charge in [0, 0.05) is 25.7 Å². The van der Waals surface area contributed by atoms with E-state index in [1.165, 1.54) is 0 Å². The largest absolute Gasteiger partial charge is 0.481 e. The van der Waals surface area contributed by atoms with E-state index in [1.54, 1.807) is 11.8 Å². The highest BCUT2D eigenvalue weighted by atomic mass is 16.6. The van der Waals surface area contributed by atoms with Crippen molar-refractivity contribution in [3.05, 3.63) is 12.3 Å². The lowest BCUT2D eigenvalue weighted by Crippen LogP contribution is -2.49. The monoisotopic (exact) mass is 364 g/mol. The van der Waals surface area contributed by atoms with Crippen molar-refractivity contribution >= 4 is 18.0 Å². The molecule has 1 aliphatic carbocycles.